The average molecular weight is 280 g/mol. The van der Waals surface area contributed by atoms with E-state index in [-0.39, 0.29) is 22.0 Å². The summed E-state index contributed by atoms with van der Waals surface area (Å²) in [5, 5.41) is 17.3. The minimum absolute atomic E-state index is 0.00921. The molecule has 1 unspecified atom stereocenters. The van der Waals surface area contributed by atoms with Crippen LogP contribution in [0.25, 0.3) is 0 Å². The van der Waals surface area contributed by atoms with E-state index in [4.69, 9.17) is 11.1 Å². The Morgan fingerprint density at radius 2 is 2.11 bits per heavy atom. The Morgan fingerprint density at radius 3 is 2.63 bits per heavy atom. The van der Waals surface area contributed by atoms with Crippen LogP contribution in [0.2, 0.25) is 0 Å². The summed E-state index contributed by atoms with van der Waals surface area (Å²) in [6, 6.07) is 5.84. The maximum absolute atomic E-state index is 12.1. The Morgan fingerprint density at radius 1 is 1.47 bits per heavy atom. The molecule has 2 rings (SSSR count). The zero-order chi connectivity index (χ0) is 14.0. The molecule has 1 fully saturated rings. The fourth-order valence-electron chi connectivity index (χ4n) is 1.93. The molecule has 0 aromatic heterocycles. The number of amides is 1. The van der Waals surface area contributed by atoms with Crippen LogP contribution in [-0.2, 0) is 4.79 Å². The van der Waals surface area contributed by atoms with E-state index in [1.54, 1.807) is 17.0 Å². The molecule has 0 saturated carbocycles. The highest BCUT2D eigenvalue weighted by Gasteiger charge is 2.33. The molecule has 100 valence electrons. The van der Waals surface area contributed by atoms with Gasteiger partial charge < -0.3 is 10.6 Å². The summed E-state index contributed by atoms with van der Waals surface area (Å²) in [5.41, 5.74) is 5.89. The maximum atomic E-state index is 12.1. The van der Waals surface area contributed by atoms with Crippen LogP contribution in [0.3, 0.4) is 0 Å². The summed E-state index contributed by atoms with van der Waals surface area (Å²) < 4.78 is 0. The van der Waals surface area contributed by atoms with Crippen molar-refractivity contribution >= 4 is 34.2 Å². The number of carbonyl (C=O) groups excluding carboxylic acids is 1. The molecule has 1 aromatic carbocycles. The summed E-state index contributed by atoms with van der Waals surface area (Å²) in [6.45, 7) is 0.529. The van der Waals surface area contributed by atoms with E-state index in [0.717, 1.165) is 11.8 Å². The number of nitro groups is 1. The van der Waals surface area contributed by atoms with E-state index in [2.05, 4.69) is 0 Å². The second kappa shape index (κ2) is 5.27. The lowest BCUT2D eigenvalue weighted by Crippen LogP contribution is -2.29. The van der Waals surface area contributed by atoms with Gasteiger partial charge in [0, 0.05) is 24.4 Å². The van der Waals surface area contributed by atoms with Crippen LogP contribution in [-0.4, -0.2) is 27.8 Å². The normalized spacial score (nSPS) is 18.6. The summed E-state index contributed by atoms with van der Waals surface area (Å²) in [5.74, 6) is -0.117. The van der Waals surface area contributed by atoms with E-state index in [1.165, 1.54) is 12.1 Å². The highest BCUT2D eigenvalue weighted by molar-refractivity contribution is 8.14. The number of nitrogens with zero attached hydrogens (tertiary/aromatic N) is 2. The largest absolute Gasteiger partial charge is 0.379 e. The van der Waals surface area contributed by atoms with Crippen molar-refractivity contribution in [2.75, 3.05) is 11.4 Å². The minimum atomic E-state index is -0.482. The predicted octanol–water partition coefficient (Wildman–Crippen LogP) is 1.33. The number of benzene rings is 1. The fraction of sp³-hybridized carbons (Fsp3) is 0.273. The minimum Gasteiger partial charge on any atom is -0.379 e. The molecule has 1 atom stereocenters. The van der Waals surface area contributed by atoms with E-state index in [1.807, 2.05) is 0 Å². The molecular weight excluding hydrogens is 268 g/mol. The molecule has 0 aliphatic carbocycles. The van der Waals surface area contributed by atoms with Gasteiger partial charge in [0.1, 0.15) is 0 Å². The van der Waals surface area contributed by atoms with Crippen molar-refractivity contribution in [3.63, 3.8) is 0 Å². The van der Waals surface area contributed by atoms with Gasteiger partial charge in [0.2, 0.25) is 5.91 Å². The molecule has 1 heterocycles. The van der Waals surface area contributed by atoms with Gasteiger partial charge in [-0.1, -0.05) is 11.8 Å². The second-order valence-electron chi connectivity index (χ2n) is 4.02. The Balaban J connectivity index is 2.13. The number of nitro benzene ring substituents is 1. The third-order valence-corrected chi connectivity index (χ3v) is 3.77. The van der Waals surface area contributed by atoms with Crippen molar-refractivity contribution in [2.45, 2.75) is 11.7 Å². The van der Waals surface area contributed by atoms with Gasteiger partial charge in [-0.2, -0.15) is 0 Å². The van der Waals surface area contributed by atoms with Crippen molar-refractivity contribution in [3.05, 3.63) is 34.4 Å². The number of anilines is 1. The number of hydrogen-bond donors (Lipinski definition) is 2. The standard InChI is InChI=1S/C11H12N4O3S/c12-11(13)19-9-5-6-14(10(9)16)7-1-3-8(4-2-7)15(17)18/h1-4,9H,5-6H2,(H3,12,13). The average Bonchev–Trinajstić information content (AvgIpc) is 2.70. The molecule has 1 aliphatic heterocycles. The monoisotopic (exact) mass is 280 g/mol. The second-order valence-corrected chi connectivity index (χ2v) is 5.27. The van der Waals surface area contributed by atoms with Crippen molar-refractivity contribution in [1.29, 1.82) is 5.41 Å². The fourth-order valence-corrected chi connectivity index (χ4v) is 2.68. The lowest BCUT2D eigenvalue weighted by atomic mass is 10.2. The van der Waals surface area contributed by atoms with Crippen molar-refractivity contribution in [3.8, 4) is 0 Å². The highest BCUT2D eigenvalue weighted by atomic mass is 32.2. The van der Waals surface area contributed by atoms with Crippen molar-refractivity contribution < 1.29 is 9.72 Å². The van der Waals surface area contributed by atoms with Crippen LogP contribution in [0.4, 0.5) is 11.4 Å². The summed E-state index contributed by atoms with van der Waals surface area (Å²) in [4.78, 5) is 23.7. The lowest BCUT2D eigenvalue weighted by molar-refractivity contribution is -0.384. The van der Waals surface area contributed by atoms with Gasteiger partial charge in [-0.15, -0.1) is 0 Å². The van der Waals surface area contributed by atoms with E-state index < -0.39 is 4.92 Å². The molecule has 1 aromatic rings. The van der Waals surface area contributed by atoms with Crippen LogP contribution in [0.1, 0.15) is 6.42 Å². The third-order valence-electron chi connectivity index (χ3n) is 2.80. The first kappa shape index (κ1) is 13.3. The Kier molecular flexibility index (Phi) is 3.70. The zero-order valence-corrected chi connectivity index (χ0v) is 10.7. The molecule has 3 N–H and O–H groups in total. The van der Waals surface area contributed by atoms with Gasteiger partial charge in [-0.3, -0.25) is 20.3 Å². The molecule has 19 heavy (non-hydrogen) atoms. The Labute approximate surface area is 113 Å². The number of thioether (sulfide) groups is 1. The van der Waals surface area contributed by atoms with Gasteiger partial charge in [0.25, 0.3) is 5.69 Å². The lowest BCUT2D eigenvalue weighted by Gasteiger charge is -2.16. The first-order valence-electron chi connectivity index (χ1n) is 5.55. The van der Waals surface area contributed by atoms with Crippen LogP contribution in [0.5, 0.6) is 0 Å². The van der Waals surface area contributed by atoms with Crippen LogP contribution >= 0.6 is 11.8 Å². The van der Waals surface area contributed by atoms with Gasteiger partial charge in [0.15, 0.2) is 5.17 Å². The molecule has 0 bridgehead atoms. The summed E-state index contributed by atoms with van der Waals surface area (Å²) in [6.07, 6.45) is 0.611. The van der Waals surface area contributed by atoms with Gasteiger partial charge in [-0.25, -0.2) is 0 Å². The first-order chi connectivity index (χ1) is 8.99. The summed E-state index contributed by atoms with van der Waals surface area (Å²) in [7, 11) is 0. The molecule has 0 spiro atoms. The van der Waals surface area contributed by atoms with Crippen molar-refractivity contribution in [1.82, 2.24) is 0 Å². The molecule has 1 amide bonds. The third kappa shape index (κ3) is 2.84. The first-order valence-corrected chi connectivity index (χ1v) is 6.43. The van der Waals surface area contributed by atoms with Crippen molar-refractivity contribution in [2.24, 2.45) is 5.73 Å². The van der Waals surface area contributed by atoms with Gasteiger partial charge >= 0.3 is 0 Å². The zero-order valence-electron chi connectivity index (χ0n) is 9.91. The molecule has 0 radical (unpaired) electrons. The topological polar surface area (TPSA) is 113 Å². The molecular formula is C11H12N4O3S. The van der Waals surface area contributed by atoms with Crippen LogP contribution < -0.4 is 10.6 Å². The highest BCUT2D eigenvalue weighted by Crippen LogP contribution is 2.29. The van der Waals surface area contributed by atoms with Gasteiger partial charge in [0.05, 0.1) is 10.2 Å². The molecule has 7 nitrogen and oxygen atoms in total. The van der Waals surface area contributed by atoms with Gasteiger partial charge in [-0.05, 0) is 18.6 Å². The van der Waals surface area contributed by atoms with Crippen LogP contribution in [0, 0.1) is 15.5 Å². The SMILES string of the molecule is N=C(N)SC1CCN(c2ccc([N+](=O)[O-])cc2)C1=O. The number of rotatable bonds is 3. The smallest absolute Gasteiger partial charge is 0.269 e. The molecule has 8 heteroatoms. The Hall–Kier alpha value is -2.09. The van der Waals surface area contributed by atoms with Crippen LogP contribution in [0.15, 0.2) is 24.3 Å². The van der Waals surface area contributed by atoms with E-state index >= 15 is 0 Å². The van der Waals surface area contributed by atoms with E-state index in [9.17, 15) is 14.9 Å². The number of carbonyl (C=O) groups is 1. The molecule has 1 saturated heterocycles. The number of nitrogens with two attached hydrogens (primary N) is 1. The number of non-ortho nitro benzene ring substituents is 1. The summed E-state index contributed by atoms with van der Waals surface area (Å²) >= 11 is 1.04. The number of hydrogen-bond acceptors (Lipinski definition) is 5. The number of amidine groups is 1. The number of nitrogens with one attached hydrogen (secondary N) is 1. The van der Waals surface area contributed by atoms with E-state index in [0.29, 0.717) is 18.7 Å². The quantitative estimate of drug-likeness (QED) is 0.375. The predicted molar refractivity (Wildman–Crippen MR) is 73.4 cm³/mol. The molecule has 1 aliphatic rings. The maximum Gasteiger partial charge on any atom is 0.269 e. The Bertz CT molecular complexity index is 531.